The van der Waals surface area contributed by atoms with E-state index in [9.17, 15) is 9.18 Å². The third kappa shape index (κ3) is 5.48. The average Bonchev–Trinajstić information content (AvgIpc) is 2.34. The van der Waals surface area contributed by atoms with E-state index < -0.39 is 0 Å². The van der Waals surface area contributed by atoms with Gasteiger partial charge in [-0.2, -0.15) is 11.8 Å². The van der Waals surface area contributed by atoms with Crippen LogP contribution in [0.5, 0.6) is 0 Å². The lowest BCUT2D eigenvalue weighted by Crippen LogP contribution is -2.40. The third-order valence-corrected chi connectivity index (χ3v) is 3.33. The van der Waals surface area contributed by atoms with Gasteiger partial charge in [0.1, 0.15) is 5.82 Å². The maximum absolute atomic E-state index is 13.1. The minimum atomic E-state index is -0.349. The highest BCUT2D eigenvalue weighted by Crippen LogP contribution is 2.13. The Balaban J connectivity index is 2.55. The van der Waals surface area contributed by atoms with E-state index >= 15 is 0 Å². The van der Waals surface area contributed by atoms with Gasteiger partial charge in [-0.3, -0.25) is 0 Å². The van der Waals surface area contributed by atoms with E-state index in [1.807, 2.05) is 6.26 Å². The smallest absolute Gasteiger partial charge is 0.319 e. The number of urea groups is 1. The van der Waals surface area contributed by atoms with Crippen molar-refractivity contribution < 1.29 is 14.3 Å². The fourth-order valence-corrected chi connectivity index (χ4v) is 2.28. The molecule has 2 amide bonds. The Morgan fingerprint density at radius 2 is 2.26 bits per heavy atom. The average molecular weight is 286 g/mol. The van der Waals surface area contributed by atoms with Gasteiger partial charge in [-0.25, -0.2) is 9.18 Å². The normalized spacial score (nSPS) is 12.0. The highest BCUT2D eigenvalue weighted by Gasteiger charge is 2.11. The second-order valence-corrected chi connectivity index (χ2v) is 5.14. The molecule has 0 bridgehead atoms. The van der Waals surface area contributed by atoms with Crippen LogP contribution in [-0.4, -0.2) is 35.8 Å². The van der Waals surface area contributed by atoms with Crippen LogP contribution in [0.2, 0.25) is 0 Å². The molecule has 1 aromatic carbocycles. The summed E-state index contributed by atoms with van der Waals surface area (Å²) in [4.78, 5) is 11.8. The molecule has 0 saturated heterocycles. The van der Waals surface area contributed by atoms with Crippen LogP contribution in [0.3, 0.4) is 0 Å². The van der Waals surface area contributed by atoms with E-state index in [2.05, 4.69) is 10.6 Å². The van der Waals surface area contributed by atoms with Gasteiger partial charge < -0.3 is 15.7 Å². The quantitative estimate of drug-likeness (QED) is 0.752. The number of rotatable bonds is 6. The van der Waals surface area contributed by atoms with Crippen LogP contribution in [0, 0.1) is 12.7 Å². The lowest BCUT2D eigenvalue weighted by atomic mass is 10.2. The van der Waals surface area contributed by atoms with Crippen molar-refractivity contribution in [3.63, 3.8) is 0 Å². The summed E-state index contributed by atoms with van der Waals surface area (Å²) in [7, 11) is 0. The molecule has 0 saturated carbocycles. The molecule has 1 aromatic rings. The number of carbonyl (C=O) groups excluding carboxylic acids is 1. The highest BCUT2D eigenvalue weighted by atomic mass is 32.2. The molecule has 19 heavy (non-hydrogen) atoms. The van der Waals surface area contributed by atoms with Crippen molar-refractivity contribution in [3.05, 3.63) is 29.6 Å². The summed E-state index contributed by atoms with van der Waals surface area (Å²) >= 11 is 1.60. The highest BCUT2D eigenvalue weighted by molar-refractivity contribution is 7.98. The number of amides is 2. The van der Waals surface area contributed by atoms with Crippen molar-refractivity contribution >= 4 is 23.5 Å². The Hall–Kier alpha value is -1.27. The number of carbonyl (C=O) groups is 1. The van der Waals surface area contributed by atoms with Crippen LogP contribution in [0.15, 0.2) is 18.2 Å². The number of hydrogen-bond donors (Lipinski definition) is 3. The molecule has 0 aliphatic carbocycles. The molecule has 4 nitrogen and oxygen atoms in total. The van der Waals surface area contributed by atoms with Gasteiger partial charge in [-0.05, 0) is 43.4 Å². The van der Waals surface area contributed by atoms with Crippen molar-refractivity contribution in [2.75, 3.05) is 23.9 Å². The number of thioether (sulfide) groups is 1. The molecule has 106 valence electrons. The van der Waals surface area contributed by atoms with Gasteiger partial charge in [-0.1, -0.05) is 0 Å². The second kappa shape index (κ2) is 8.01. The minimum absolute atomic E-state index is 0.0289. The Morgan fingerprint density at radius 3 is 2.84 bits per heavy atom. The van der Waals surface area contributed by atoms with Gasteiger partial charge in [0, 0.05) is 24.1 Å². The molecule has 1 rings (SSSR count). The monoisotopic (exact) mass is 286 g/mol. The topological polar surface area (TPSA) is 61.4 Å². The van der Waals surface area contributed by atoms with Gasteiger partial charge >= 0.3 is 6.03 Å². The van der Waals surface area contributed by atoms with E-state index in [4.69, 9.17) is 5.11 Å². The molecule has 1 atom stereocenters. The zero-order valence-corrected chi connectivity index (χ0v) is 11.9. The number of aryl methyl sites for hydroxylation is 1. The largest absolute Gasteiger partial charge is 0.396 e. The zero-order valence-electron chi connectivity index (χ0n) is 11.1. The molecule has 0 unspecified atom stereocenters. The molecule has 0 heterocycles. The van der Waals surface area contributed by atoms with Crippen LogP contribution >= 0.6 is 11.8 Å². The summed E-state index contributed by atoms with van der Waals surface area (Å²) < 4.78 is 13.1. The zero-order chi connectivity index (χ0) is 14.3. The van der Waals surface area contributed by atoms with Crippen LogP contribution < -0.4 is 10.6 Å². The van der Waals surface area contributed by atoms with Crippen molar-refractivity contribution in [2.45, 2.75) is 19.4 Å². The first kappa shape index (κ1) is 15.8. The fraction of sp³-hybridized carbons (Fsp3) is 0.462. The van der Waals surface area contributed by atoms with E-state index in [0.717, 1.165) is 5.75 Å². The van der Waals surface area contributed by atoms with E-state index in [-0.39, 0.29) is 24.5 Å². The fourth-order valence-electron chi connectivity index (χ4n) is 1.63. The van der Waals surface area contributed by atoms with Crippen LogP contribution in [-0.2, 0) is 0 Å². The Kier molecular flexibility index (Phi) is 6.66. The summed E-state index contributed by atoms with van der Waals surface area (Å²) in [5.41, 5.74) is 1.03. The summed E-state index contributed by atoms with van der Waals surface area (Å²) in [5, 5.41) is 14.3. The van der Waals surface area contributed by atoms with Gasteiger partial charge in [0.2, 0.25) is 0 Å². The number of anilines is 1. The number of hydrogen-bond acceptors (Lipinski definition) is 3. The van der Waals surface area contributed by atoms with E-state index in [1.54, 1.807) is 24.8 Å². The Morgan fingerprint density at radius 1 is 1.53 bits per heavy atom. The minimum Gasteiger partial charge on any atom is -0.396 e. The maximum atomic E-state index is 13.1. The maximum Gasteiger partial charge on any atom is 0.319 e. The van der Waals surface area contributed by atoms with Gasteiger partial charge in [0.15, 0.2) is 0 Å². The number of halogens is 1. The van der Waals surface area contributed by atoms with Crippen molar-refractivity contribution in [1.29, 1.82) is 0 Å². The molecule has 0 spiro atoms. The summed E-state index contributed by atoms with van der Waals surface area (Å²) in [6, 6.07) is 3.97. The third-order valence-electron chi connectivity index (χ3n) is 2.60. The second-order valence-electron chi connectivity index (χ2n) is 4.23. The molecule has 6 heteroatoms. The first-order valence-corrected chi connectivity index (χ1v) is 7.39. The van der Waals surface area contributed by atoms with Gasteiger partial charge in [-0.15, -0.1) is 0 Å². The lowest BCUT2D eigenvalue weighted by Gasteiger charge is -2.17. The van der Waals surface area contributed by atoms with Crippen LogP contribution in [0.4, 0.5) is 14.9 Å². The van der Waals surface area contributed by atoms with Crippen molar-refractivity contribution in [2.24, 2.45) is 0 Å². The molecule has 0 aliphatic rings. The number of benzene rings is 1. The molecule has 0 fully saturated rings. The standard InChI is InChI=1S/C13H19FN2O2S/c1-9-7-10(3-4-12(9)14)15-13(18)16-11(5-6-17)8-19-2/h3-4,7,11,17H,5-6,8H2,1-2H3,(H2,15,16,18)/t11-/m1/s1. The van der Waals surface area contributed by atoms with Crippen LogP contribution in [0.1, 0.15) is 12.0 Å². The predicted molar refractivity (Wildman–Crippen MR) is 77.2 cm³/mol. The number of nitrogens with one attached hydrogen (secondary N) is 2. The van der Waals surface area contributed by atoms with Crippen molar-refractivity contribution in [3.8, 4) is 0 Å². The van der Waals surface area contributed by atoms with Crippen molar-refractivity contribution in [1.82, 2.24) is 5.32 Å². The van der Waals surface area contributed by atoms with E-state index in [0.29, 0.717) is 17.7 Å². The van der Waals surface area contributed by atoms with E-state index in [1.165, 1.54) is 12.1 Å². The molecule has 3 N–H and O–H groups in total. The molecule has 0 aliphatic heterocycles. The lowest BCUT2D eigenvalue weighted by molar-refractivity contribution is 0.241. The molecular weight excluding hydrogens is 267 g/mol. The first-order chi connectivity index (χ1) is 9.06. The summed E-state index contributed by atoms with van der Waals surface area (Å²) in [6.45, 7) is 1.67. The van der Waals surface area contributed by atoms with Gasteiger partial charge in [0.05, 0.1) is 0 Å². The summed E-state index contributed by atoms with van der Waals surface area (Å²) in [5.74, 6) is 0.433. The Bertz CT molecular complexity index is 423. The molecule has 0 aromatic heterocycles. The predicted octanol–water partition coefficient (Wildman–Crippen LogP) is 2.37. The SMILES string of the molecule is CSC[C@@H](CCO)NC(=O)Nc1ccc(F)c(C)c1. The summed E-state index contributed by atoms with van der Waals surface area (Å²) in [6.07, 6.45) is 2.45. The molecule has 0 radical (unpaired) electrons. The van der Waals surface area contributed by atoms with Gasteiger partial charge in [0.25, 0.3) is 0 Å². The first-order valence-electron chi connectivity index (χ1n) is 6.00. The van der Waals surface area contributed by atoms with Crippen LogP contribution in [0.25, 0.3) is 0 Å². The number of aliphatic hydroxyl groups is 1. The Labute approximate surface area is 116 Å². The number of aliphatic hydroxyl groups excluding tert-OH is 1. The molecular formula is C13H19FN2O2S.